The number of anilines is 2. The second kappa shape index (κ2) is 8.03. The average molecular weight is 384 g/mol. The zero-order valence-electron chi connectivity index (χ0n) is 15.4. The van der Waals surface area contributed by atoms with Gasteiger partial charge in [-0.1, -0.05) is 0 Å². The number of nitrogens with one attached hydrogen (secondary N) is 1. The van der Waals surface area contributed by atoms with Gasteiger partial charge in [0.2, 0.25) is 0 Å². The van der Waals surface area contributed by atoms with Gasteiger partial charge < -0.3 is 10.2 Å². The van der Waals surface area contributed by atoms with E-state index >= 15 is 0 Å². The molecular weight excluding hydrogens is 364 g/mol. The van der Waals surface area contributed by atoms with Gasteiger partial charge in [-0.25, -0.2) is 0 Å². The number of nitrogens with zero attached hydrogens (tertiary/aromatic N) is 3. The average Bonchev–Trinajstić information content (AvgIpc) is 2.69. The standard InChI is InChI=1S/C19H20N4O5/c1-13-17(22(25)26)11-14(12-18(13)23(27)28)19(24)20-15-5-7-16(8-6-15)21-9-3-2-4-10-21/h5-8,11-12H,2-4,9-10H2,1H3,(H,20,24). The quantitative estimate of drug-likeness (QED) is 0.613. The first-order chi connectivity index (χ1) is 13.4. The lowest BCUT2D eigenvalue weighted by molar-refractivity contribution is -0.395. The molecule has 1 aliphatic rings. The van der Waals surface area contributed by atoms with Crippen molar-refractivity contribution < 1.29 is 14.6 Å². The van der Waals surface area contributed by atoms with Gasteiger partial charge in [-0.2, -0.15) is 0 Å². The van der Waals surface area contributed by atoms with Crippen LogP contribution in [0.4, 0.5) is 22.7 Å². The number of carbonyl (C=O) groups excluding carboxylic acids is 1. The van der Waals surface area contributed by atoms with E-state index in [0.29, 0.717) is 5.69 Å². The predicted octanol–water partition coefficient (Wildman–Crippen LogP) is 4.05. The molecule has 0 radical (unpaired) electrons. The van der Waals surface area contributed by atoms with Gasteiger partial charge in [-0.05, 0) is 50.5 Å². The van der Waals surface area contributed by atoms with E-state index in [2.05, 4.69) is 10.2 Å². The molecule has 0 bridgehead atoms. The molecule has 1 amide bonds. The van der Waals surface area contributed by atoms with Gasteiger partial charge in [0, 0.05) is 36.6 Å². The molecular formula is C19H20N4O5. The van der Waals surface area contributed by atoms with Crippen molar-refractivity contribution in [3.8, 4) is 0 Å². The minimum atomic E-state index is -0.730. The van der Waals surface area contributed by atoms with Gasteiger partial charge in [0.1, 0.15) is 5.56 Å². The van der Waals surface area contributed by atoms with E-state index in [1.165, 1.54) is 13.3 Å². The number of carbonyl (C=O) groups is 1. The van der Waals surface area contributed by atoms with Crippen molar-refractivity contribution >= 4 is 28.7 Å². The Kier molecular flexibility index (Phi) is 5.53. The van der Waals surface area contributed by atoms with Crippen LogP contribution in [0.3, 0.4) is 0 Å². The lowest BCUT2D eigenvalue weighted by atomic mass is 10.1. The third kappa shape index (κ3) is 4.08. The summed E-state index contributed by atoms with van der Waals surface area (Å²) in [4.78, 5) is 35.6. The highest BCUT2D eigenvalue weighted by Crippen LogP contribution is 2.30. The lowest BCUT2D eigenvalue weighted by Gasteiger charge is -2.28. The molecule has 0 aliphatic carbocycles. The number of nitro groups is 2. The number of nitro benzene ring substituents is 2. The summed E-state index contributed by atoms with van der Waals surface area (Å²) in [5.41, 5.74) is 0.442. The van der Waals surface area contributed by atoms with Crippen molar-refractivity contribution in [2.24, 2.45) is 0 Å². The summed E-state index contributed by atoms with van der Waals surface area (Å²) in [6.45, 7) is 3.29. The third-order valence-electron chi connectivity index (χ3n) is 4.85. The van der Waals surface area contributed by atoms with Gasteiger partial charge in [-0.15, -0.1) is 0 Å². The van der Waals surface area contributed by atoms with E-state index in [-0.39, 0.29) is 11.1 Å². The summed E-state index contributed by atoms with van der Waals surface area (Å²) in [5, 5.41) is 25.0. The molecule has 9 nitrogen and oxygen atoms in total. The summed E-state index contributed by atoms with van der Waals surface area (Å²) in [6, 6.07) is 9.42. The van der Waals surface area contributed by atoms with Gasteiger partial charge in [0.05, 0.1) is 15.4 Å². The lowest BCUT2D eigenvalue weighted by Crippen LogP contribution is -2.29. The predicted molar refractivity (Wildman–Crippen MR) is 105 cm³/mol. The topological polar surface area (TPSA) is 119 Å². The number of rotatable bonds is 5. The fourth-order valence-corrected chi connectivity index (χ4v) is 3.31. The van der Waals surface area contributed by atoms with Crippen LogP contribution in [-0.2, 0) is 0 Å². The monoisotopic (exact) mass is 384 g/mol. The molecule has 1 saturated heterocycles. The summed E-state index contributed by atoms with van der Waals surface area (Å²) >= 11 is 0. The molecule has 0 atom stereocenters. The molecule has 0 unspecified atom stereocenters. The molecule has 28 heavy (non-hydrogen) atoms. The molecule has 9 heteroatoms. The Bertz CT molecular complexity index is 885. The van der Waals surface area contributed by atoms with Crippen LogP contribution in [0.25, 0.3) is 0 Å². The first-order valence-electron chi connectivity index (χ1n) is 8.96. The fourth-order valence-electron chi connectivity index (χ4n) is 3.31. The maximum atomic E-state index is 12.5. The highest BCUT2D eigenvalue weighted by Gasteiger charge is 2.25. The number of amides is 1. The van der Waals surface area contributed by atoms with E-state index < -0.39 is 27.1 Å². The van der Waals surface area contributed by atoms with Crippen LogP contribution in [-0.4, -0.2) is 28.8 Å². The molecule has 1 fully saturated rings. The second-order valence-corrected chi connectivity index (χ2v) is 6.70. The van der Waals surface area contributed by atoms with Gasteiger partial charge in [0.25, 0.3) is 17.3 Å². The third-order valence-corrected chi connectivity index (χ3v) is 4.85. The summed E-state index contributed by atoms with van der Waals surface area (Å²) in [6.07, 6.45) is 3.55. The van der Waals surface area contributed by atoms with E-state index in [0.717, 1.165) is 43.8 Å². The van der Waals surface area contributed by atoms with Crippen LogP contribution < -0.4 is 10.2 Å². The maximum absolute atomic E-state index is 12.5. The molecule has 146 valence electrons. The van der Waals surface area contributed by atoms with Crippen molar-refractivity contribution in [3.05, 3.63) is 67.8 Å². The Hall–Kier alpha value is -3.49. The first-order valence-corrected chi connectivity index (χ1v) is 8.96. The van der Waals surface area contributed by atoms with E-state index in [1.54, 1.807) is 12.1 Å². The molecule has 2 aromatic carbocycles. The minimum absolute atomic E-state index is 0.0857. The zero-order valence-corrected chi connectivity index (χ0v) is 15.4. The number of piperidine rings is 1. The highest BCUT2D eigenvalue weighted by atomic mass is 16.6. The molecule has 0 aromatic heterocycles. The summed E-state index contributed by atoms with van der Waals surface area (Å²) < 4.78 is 0. The minimum Gasteiger partial charge on any atom is -0.372 e. The molecule has 2 aromatic rings. The maximum Gasteiger partial charge on any atom is 0.279 e. The first kappa shape index (κ1) is 19.3. The largest absolute Gasteiger partial charge is 0.372 e. The number of hydrogen-bond donors (Lipinski definition) is 1. The SMILES string of the molecule is Cc1c([N+](=O)[O-])cc(C(=O)Nc2ccc(N3CCCCC3)cc2)cc1[N+](=O)[O-]. The van der Waals surface area contributed by atoms with Crippen molar-refractivity contribution in [2.75, 3.05) is 23.3 Å². The summed E-state index contributed by atoms with van der Waals surface area (Å²) in [7, 11) is 0. The van der Waals surface area contributed by atoms with E-state index in [4.69, 9.17) is 0 Å². The van der Waals surface area contributed by atoms with Crippen molar-refractivity contribution in [3.63, 3.8) is 0 Å². The molecule has 1 heterocycles. The van der Waals surface area contributed by atoms with Crippen LogP contribution in [0.15, 0.2) is 36.4 Å². The smallest absolute Gasteiger partial charge is 0.279 e. The molecule has 0 spiro atoms. The normalized spacial score (nSPS) is 13.8. The van der Waals surface area contributed by atoms with Crippen LogP contribution in [0.2, 0.25) is 0 Å². The molecule has 1 aliphatic heterocycles. The van der Waals surface area contributed by atoms with E-state index in [9.17, 15) is 25.0 Å². The summed E-state index contributed by atoms with van der Waals surface area (Å²) in [5.74, 6) is -0.642. The van der Waals surface area contributed by atoms with Crippen LogP contribution in [0.5, 0.6) is 0 Å². The van der Waals surface area contributed by atoms with Crippen LogP contribution in [0.1, 0.15) is 35.2 Å². The van der Waals surface area contributed by atoms with Gasteiger partial charge >= 0.3 is 0 Å². The number of benzene rings is 2. The zero-order chi connectivity index (χ0) is 20.3. The fraction of sp³-hybridized carbons (Fsp3) is 0.316. The van der Waals surface area contributed by atoms with Crippen molar-refractivity contribution in [2.45, 2.75) is 26.2 Å². The van der Waals surface area contributed by atoms with Crippen LogP contribution >= 0.6 is 0 Å². The Morgan fingerprint density at radius 1 is 0.964 bits per heavy atom. The Labute approximate surface area is 161 Å². The van der Waals surface area contributed by atoms with Crippen LogP contribution in [0, 0.1) is 27.2 Å². The number of hydrogen-bond acceptors (Lipinski definition) is 6. The van der Waals surface area contributed by atoms with Gasteiger partial charge in [0.15, 0.2) is 0 Å². The molecule has 0 saturated carbocycles. The van der Waals surface area contributed by atoms with E-state index in [1.807, 2.05) is 12.1 Å². The Morgan fingerprint density at radius 3 is 2.00 bits per heavy atom. The molecule has 1 N–H and O–H groups in total. The Morgan fingerprint density at radius 2 is 1.50 bits per heavy atom. The Balaban J connectivity index is 1.80. The van der Waals surface area contributed by atoms with Crippen molar-refractivity contribution in [1.29, 1.82) is 0 Å². The van der Waals surface area contributed by atoms with Gasteiger partial charge in [-0.3, -0.25) is 25.0 Å². The second-order valence-electron chi connectivity index (χ2n) is 6.70. The van der Waals surface area contributed by atoms with Crippen molar-refractivity contribution in [1.82, 2.24) is 0 Å². The highest BCUT2D eigenvalue weighted by molar-refractivity contribution is 6.05. The molecule has 3 rings (SSSR count).